The van der Waals surface area contributed by atoms with Crippen LogP contribution in [0.4, 0.5) is 0 Å². The molecule has 2 nitrogen and oxygen atoms in total. The molecule has 0 saturated carbocycles. The molecule has 2 rings (SSSR count). The topological polar surface area (TPSA) is 15.3 Å². The van der Waals surface area contributed by atoms with Crippen molar-refractivity contribution >= 4 is 0 Å². The smallest absolute Gasteiger partial charge is 0.0108 e. The summed E-state index contributed by atoms with van der Waals surface area (Å²) in [6.07, 6.45) is 3.63. The Balaban J connectivity index is 1.77. The molecule has 0 amide bonds. The molecule has 0 radical (unpaired) electrons. The van der Waals surface area contributed by atoms with Crippen molar-refractivity contribution in [2.45, 2.75) is 26.2 Å². The second-order valence-corrected chi connectivity index (χ2v) is 4.91. The van der Waals surface area contributed by atoms with Crippen LogP contribution >= 0.6 is 0 Å². The molecule has 0 aromatic heterocycles. The molecule has 1 aliphatic rings. The molecule has 1 aliphatic heterocycles. The van der Waals surface area contributed by atoms with Gasteiger partial charge in [0, 0.05) is 32.7 Å². The molecule has 0 spiro atoms. The minimum Gasteiger partial charge on any atom is -0.314 e. The van der Waals surface area contributed by atoms with E-state index < -0.39 is 0 Å². The van der Waals surface area contributed by atoms with Crippen LogP contribution in [0.25, 0.3) is 0 Å². The van der Waals surface area contributed by atoms with Crippen LogP contribution in [0.15, 0.2) is 24.3 Å². The molecule has 1 aromatic carbocycles. The van der Waals surface area contributed by atoms with E-state index in [-0.39, 0.29) is 0 Å². The molecule has 1 fully saturated rings. The molecule has 1 heterocycles. The van der Waals surface area contributed by atoms with Crippen LogP contribution in [-0.2, 0) is 12.8 Å². The highest BCUT2D eigenvalue weighted by atomic mass is 15.2. The van der Waals surface area contributed by atoms with Gasteiger partial charge in [0.15, 0.2) is 0 Å². The number of aryl methyl sites for hydroxylation is 1. The third-order valence-electron chi connectivity index (χ3n) is 3.49. The highest BCUT2D eigenvalue weighted by molar-refractivity contribution is 5.22. The number of benzene rings is 1. The maximum atomic E-state index is 3.39. The Bertz CT molecular complexity index is 312. The summed E-state index contributed by atoms with van der Waals surface area (Å²) in [5.41, 5.74) is 2.95. The number of nitrogens with zero attached hydrogens (tertiary/aromatic N) is 1. The summed E-state index contributed by atoms with van der Waals surface area (Å²) in [4.78, 5) is 2.55. The lowest BCUT2D eigenvalue weighted by atomic mass is 10.1. The van der Waals surface area contributed by atoms with Gasteiger partial charge >= 0.3 is 0 Å². The van der Waals surface area contributed by atoms with Gasteiger partial charge in [0.25, 0.3) is 0 Å². The van der Waals surface area contributed by atoms with E-state index in [0.717, 1.165) is 13.1 Å². The summed E-state index contributed by atoms with van der Waals surface area (Å²) in [5, 5.41) is 3.39. The van der Waals surface area contributed by atoms with Gasteiger partial charge in [-0.2, -0.15) is 0 Å². The summed E-state index contributed by atoms with van der Waals surface area (Å²) in [5.74, 6) is 0. The first-order valence-electron chi connectivity index (χ1n) is 6.89. The van der Waals surface area contributed by atoms with E-state index in [1.54, 1.807) is 0 Å². The van der Waals surface area contributed by atoms with Crippen LogP contribution in [0.2, 0.25) is 0 Å². The highest BCUT2D eigenvalue weighted by Gasteiger charge is 2.08. The van der Waals surface area contributed by atoms with Gasteiger partial charge in [-0.15, -0.1) is 0 Å². The first-order chi connectivity index (χ1) is 8.38. The molecule has 0 atom stereocenters. The Morgan fingerprint density at radius 3 is 2.18 bits per heavy atom. The van der Waals surface area contributed by atoms with Crippen molar-refractivity contribution in [3.05, 3.63) is 35.4 Å². The van der Waals surface area contributed by atoms with Crippen molar-refractivity contribution in [2.24, 2.45) is 0 Å². The highest BCUT2D eigenvalue weighted by Crippen LogP contribution is 2.08. The summed E-state index contributed by atoms with van der Waals surface area (Å²) < 4.78 is 0. The standard InChI is InChI=1S/C15H24N2/c1-2-3-14-4-6-15(7-5-14)8-11-17-12-9-16-10-13-17/h4-7,16H,2-3,8-13H2,1H3. The molecule has 1 N–H and O–H groups in total. The number of piperazine rings is 1. The van der Waals surface area contributed by atoms with Crippen LogP contribution in [0, 0.1) is 0 Å². The SMILES string of the molecule is CCCc1ccc(CCN2CCNCC2)cc1. The van der Waals surface area contributed by atoms with Gasteiger partial charge in [0.1, 0.15) is 0 Å². The lowest BCUT2D eigenvalue weighted by Crippen LogP contribution is -2.44. The molecular formula is C15H24N2. The van der Waals surface area contributed by atoms with E-state index in [1.165, 1.54) is 50.0 Å². The fourth-order valence-corrected chi connectivity index (χ4v) is 2.38. The molecule has 94 valence electrons. The summed E-state index contributed by atoms with van der Waals surface area (Å²) in [7, 11) is 0. The molecule has 17 heavy (non-hydrogen) atoms. The van der Waals surface area contributed by atoms with Gasteiger partial charge in [-0.05, 0) is 24.0 Å². The van der Waals surface area contributed by atoms with E-state index in [1.807, 2.05) is 0 Å². The molecule has 2 heteroatoms. The molecule has 0 unspecified atom stereocenters. The van der Waals surface area contributed by atoms with Gasteiger partial charge < -0.3 is 10.2 Å². The van der Waals surface area contributed by atoms with Crippen molar-refractivity contribution in [3.63, 3.8) is 0 Å². The Kier molecular flexibility index (Phi) is 5.02. The number of hydrogen-bond acceptors (Lipinski definition) is 2. The summed E-state index contributed by atoms with van der Waals surface area (Å²) in [6, 6.07) is 9.17. The first-order valence-corrected chi connectivity index (χ1v) is 6.89. The number of hydrogen-bond donors (Lipinski definition) is 1. The van der Waals surface area contributed by atoms with Gasteiger partial charge in [-0.25, -0.2) is 0 Å². The fraction of sp³-hybridized carbons (Fsp3) is 0.600. The summed E-state index contributed by atoms with van der Waals surface area (Å²) in [6.45, 7) is 8.14. The number of rotatable bonds is 5. The maximum Gasteiger partial charge on any atom is 0.0108 e. The van der Waals surface area contributed by atoms with E-state index in [9.17, 15) is 0 Å². The lowest BCUT2D eigenvalue weighted by Gasteiger charge is -2.27. The van der Waals surface area contributed by atoms with Crippen molar-refractivity contribution in [1.29, 1.82) is 0 Å². The quantitative estimate of drug-likeness (QED) is 0.836. The van der Waals surface area contributed by atoms with Crippen molar-refractivity contribution in [3.8, 4) is 0 Å². The Morgan fingerprint density at radius 2 is 1.59 bits per heavy atom. The van der Waals surface area contributed by atoms with Crippen molar-refractivity contribution in [2.75, 3.05) is 32.7 Å². The molecule has 0 aliphatic carbocycles. The second kappa shape index (κ2) is 6.77. The minimum absolute atomic E-state index is 1.15. The van der Waals surface area contributed by atoms with Crippen LogP contribution in [0.5, 0.6) is 0 Å². The largest absolute Gasteiger partial charge is 0.314 e. The maximum absolute atomic E-state index is 3.39. The van der Waals surface area contributed by atoms with Crippen molar-refractivity contribution in [1.82, 2.24) is 10.2 Å². The van der Waals surface area contributed by atoms with Crippen LogP contribution < -0.4 is 5.32 Å². The minimum atomic E-state index is 1.15. The average molecular weight is 232 g/mol. The monoisotopic (exact) mass is 232 g/mol. The second-order valence-electron chi connectivity index (χ2n) is 4.91. The van der Waals surface area contributed by atoms with Crippen molar-refractivity contribution < 1.29 is 0 Å². The lowest BCUT2D eigenvalue weighted by molar-refractivity contribution is 0.244. The van der Waals surface area contributed by atoms with Crippen LogP contribution in [-0.4, -0.2) is 37.6 Å². The summed E-state index contributed by atoms with van der Waals surface area (Å²) >= 11 is 0. The first kappa shape index (κ1) is 12.6. The molecule has 0 bridgehead atoms. The zero-order chi connectivity index (χ0) is 11.9. The predicted molar refractivity (Wildman–Crippen MR) is 73.5 cm³/mol. The van der Waals surface area contributed by atoms with Crippen LogP contribution in [0.3, 0.4) is 0 Å². The van der Waals surface area contributed by atoms with Crippen LogP contribution in [0.1, 0.15) is 24.5 Å². The predicted octanol–water partition coefficient (Wildman–Crippen LogP) is 2.09. The zero-order valence-electron chi connectivity index (χ0n) is 10.9. The average Bonchev–Trinajstić information content (AvgIpc) is 2.40. The fourth-order valence-electron chi connectivity index (χ4n) is 2.38. The van der Waals surface area contributed by atoms with E-state index in [0.29, 0.717) is 0 Å². The molecule has 1 aromatic rings. The normalized spacial score (nSPS) is 17.2. The van der Waals surface area contributed by atoms with Gasteiger partial charge in [0.05, 0.1) is 0 Å². The molecule has 1 saturated heterocycles. The van der Waals surface area contributed by atoms with E-state index in [4.69, 9.17) is 0 Å². The number of nitrogens with one attached hydrogen (secondary N) is 1. The third-order valence-corrected chi connectivity index (χ3v) is 3.49. The Labute approximate surface area is 105 Å². The third kappa shape index (κ3) is 4.14. The van der Waals surface area contributed by atoms with Gasteiger partial charge in [0.2, 0.25) is 0 Å². The van der Waals surface area contributed by atoms with Gasteiger partial charge in [-0.1, -0.05) is 37.6 Å². The van der Waals surface area contributed by atoms with E-state index >= 15 is 0 Å². The van der Waals surface area contributed by atoms with Gasteiger partial charge in [-0.3, -0.25) is 0 Å². The van der Waals surface area contributed by atoms with E-state index in [2.05, 4.69) is 41.4 Å². The molecular weight excluding hydrogens is 208 g/mol. The Morgan fingerprint density at radius 1 is 1.00 bits per heavy atom. The Hall–Kier alpha value is -0.860. The zero-order valence-corrected chi connectivity index (χ0v) is 10.9.